The third-order valence-electron chi connectivity index (χ3n) is 4.85. The van der Waals surface area contributed by atoms with Crippen molar-refractivity contribution in [1.82, 2.24) is 0 Å². The van der Waals surface area contributed by atoms with Gasteiger partial charge in [-0.3, -0.25) is 0 Å². The molecule has 116 valence electrons. The minimum absolute atomic E-state index is 0.0936. The molecule has 0 aromatic heterocycles. The van der Waals surface area contributed by atoms with E-state index in [9.17, 15) is 9.90 Å². The Hall–Kier alpha value is -2.07. The monoisotopic (exact) mass is 368 g/mol. The van der Waals surface area contributed by atoms with Gasteiger partial charge in [0.2, 0.25) is 0 Å². The van der Waals surface area contributed by atoms with Gasteiger partial charge in [0.1, 0.15) is 0 Å². The normalized spacial score (nSPS) is 24.7. The maximum absolute atomic E-state index is 11.5. The maximum atomic E-state index is 11.5. The van der Waals surface area contributed by atoms with Gasteiger partial charge in [-0.15, -0.1) is 0 Å². The fourth-order valence-electron chi connectivity index (χ4n) is 3.79. The van der Waals surface area contributed by atoms with Crippen molar-refractivity contribution in [3.63, 3.8) is 0 Å². The minimum atomic E-state index is -1.13. The summed E-state index contributed by atoms with van der Waals surface area (Å²) in [4.78, 5) is 11.5. The number of halogens is 1. The van der Waals surface area contributed by atoms with Crippen LogP contribution in [0.25, 0.3) is 0 Å². The lowest BCUT2D eigenvalue weighted by atomic mass is 9.76. The van der Waals surface area contributed by atoms with E-state index in [-0.39, 0.29) is 17.5 Å². The van der Waals surface area contributed by atoms with Gasteiger partial charge in [-0.1, -0.05) is 58.4 Å². The summed E-state index contributed by atoms with van der Waals surface area (Å²) >= 11 is 3.46. The summed E-state index contributed by atoms with van der Waals surface area (Å²) in [6, 6.07) is 13.7. The molecule has 1 aliphatic heterocycles. The molecule has 0 fully saturated rings. The third-order valence-corrected chi connectivity index (χ3v) is 5.37. The van der Waals surface area contributed by atoms with Crippen LogP contribution < -0.4 is 10.4 Å². The second-order valence-electron chi connectivity index (χ2n) is 6.08. The molecule has 1 N–H and O–H groups in total. The smallest absolute Gasteiger partial charge is 0.0736 e. The van der Waals surface area contributed by atoms with Crippen LogP contribution in [-0.2, 0) is 0 Å². The maximum Gasteiger partial charge on any atom is 0.0736 e. The van der Waals surface area contributed by atoms with Crippen LogP contribution >= 0.6 is 15.9 Å². The highest BCUT2D eigenvalue weighted by atomic mass is 79.9. The number of anilines is 1. The number of carboxylic acids is 1. The molecule has 4 heteroatoms. The van der Waals surface area contributed by atoms with Crippen LogP contribution in [0.1, 0.15) is 39.9 Å². The van der Waals surface area contributed by atoms with E-state index in [1.165, 1.54) is 5.56 Å². The van der Waals surface area contributed by atoms with E-state index < -0.39 is 5.97 Å². The first-order valence-corrected chi connectivity index (χ1v) is 8.47. The number of rotatable bonds is 2. The number of carbonyl (C=O) groups excluding carboxylic acids is 1. The van der Waals surface area contributed by atoms with E-state index in [0.29, 0.717) is 11.6 Å². The molecule has 1 heterocycles. The van der Waals surface area contributed by atoms with Gasteiger partial charge >= 0.3 is 0 Å². The van der Waals surface area contributed by atoms with Gasteiger partial charge in [-0.25, -0.2) is 0 Å². The van der Waals surface area contributed by atoms with Gasteiger partial charge in [0.15, 0.2) is 0 Å². The molecule has 0 bridgehead atoms. The predicted molar refractivity (Wildman–Crippen MR) is 91.3 cm³/mol. The lowest BCUT2D eigenvalue weighted by Crippen LogP contribution is -2.32. The van der Waals surface area contributed by atoms with Gasteiger partial charge in [0, 0.05) is 21.6 Å². The number of allylic oxidation sites excluding steroid dienone is 2. The van der Waals surface area contributed by atoms with Crippen molar-refractivity contribution < 1.29 is 9.90 Å². The summed E-state index contributed by atoms with van der Waals surface area (Å²) in [7, 11) is 0. The Bertz CT molecular complexity index is 798. The molecule has 0 amide bonds. The molecular formula is C19H15BrNO2-. The largest absolute Gasteiger partial charge is 0.545 e. The Kier molecular flexibility index (Phi) is 3.49. The van der Waals surface area contributed by atoms with Crippen molar-refractivity contribution in [3.8, 4) is 0 Å². The molecule has 4 rings (SSSR count). The van der Waals surface area contributed by atoms with Crippen LogP contribution in [0.2, 0.25) is 0 Å². The molecule has 1 aliphatic carbocycles. The van der Waals surface area contributed by atoms with Gasteiger partial charge in [0.05, 0.1) is 12.0 Å². The molecular weight excluding hydrogens is 354 g/mol. The minimum Gasteiger partial charge on any atom is -0.545 e. The van der Waals surface area contributed by atoms with Crippen LogP contribution in [0.3, 0.4) is 0 Å². The number of carboxylic acid groups (broad SMARTS) is 1. The second-order valence-corrected chi connectivity index (χ2v) is 7.00. The zero-order valence-electron chi connectivity index (χ0n) is 12.3. The van der Waals surface area contributed by atoms with Crippen molar-refractivity contribution in [2.45, 2.75) is 18.4 Å². The Morgan fingerprint density at radius 3 is 2.70 bits per heavy atom. The van der Waals surface area contributed by atoms with E-state index in [1.54, 1.807) is 12.1 Å². The lowest BCUT2D eigenvalue weighted by molar-refractivity contribution is -0.254. The number of para-hydroxylation sites is 1. The summed E-state index contributed by atoms with van der Waals surface area (Å²) in [5, 5.41) is 15.0. The summed E-state index contributed by atoms with van der Waals surface area (Å²) in [6.07, 6.45) is 5.40. The predicted octanol–water partition coefficient (Wildman–Crippen LogP) is 3.64. The highest BCUT2D eigenvalue weighted by Gasteiger charge is 2.38. The van der Waals surface area contributed by atoms with E-state index in [0.717, 1.165) is 16.5 Å². The molecule has 3 atom stereocenters. The number of nitrogens with one attached hydrogen (secondary N) is 1. The molecule has 0 saturated carbocycles. The highest BCUT2D eigenvalue weighted by molar-refractivity contribution is 9.10. The number of carbonyl (C=O) groups is 1. The summed E-state index contributed by atoms with van der Waals surface area (Å²) in [6.45, 7) is 0. The Morgan fingerprint density at radius 2 is 1.96 bits per heavy atom. The molecule has 2 aliphatic rings. The second kappa shape index (κ2) is 5.53. The summed E-state index contributed by atoms with van der Waals surface area (Å²) in [5.74, 6) is -0.482. The standard InChI is InChI=1S/C19H16BrNO2/c20-12-9-7-11(8-10-12)17-14-4-1-3-13(14)15-5-2-6-16(19(22)23)18(15)21-17/h1-3,5-10,13-14,17,21H,4H2,(H,22,23)/p-1/t13-,14-,17-/m1/s1. The third kappa shape index (κ3) is 2.38. The van der Waals surface area contributed by atoms with Gasteiger partial charge in [-0.2, -0.15) is 0 Å². The van der Waals surface area contributed by atoms with E-state index in [4.69, 9.17) is 0 Å². The van der Waals surface area contributed by atoms with Crippen LogP contribution in [0.4, 0.5) is 5.69 Å². The molecule has 0 unspecified atom stereocenters. The van der Waals surface area contributed by atoms with E-state index >= 15 is 0 Å². The van der Waals surface area contributed by atoms with E-state index in [1.807, 2.05) is 18.2 Å². The molecule has 3 nitrogen and oxygen atoms in total. The van der Waals surface area contributed by atoms with Crippen LogP contribution in [0.5, 0.6) is 0 Å². The molecule has 0 saturated heterocycles. The zero-order valence-corrected chi connectivity index (χ0v) is 13.9. The number of fused-ring (bicyclic) bond motifs is 3. The summed E-state index contributed by atoms with van der Waals surface area (Å²) < 4.78 is 1.04. The molecule has 0 radical (unpaired) electrons. The SMILES string of the molecule is O=C([O-])c1cccc2c1N[C@H](c1ccc(Br)cc1)[C@@H]1CC=C[C@@H]21. The van der Waals surface area contributed by atoms with Crippen LogP contribution in [0.15, 0.2) is 59.1 Å². The quantitative estimate of drug-likeness (QED) is 0.823. The van der Waals surface area contributed by atoms with Gasteiger partial charge < -0.3 is 15.2 Å². The molecule has 2 aromatic carbocycles. The molecule has 23 heavy (non-hydrogen) atoms. The Morgan fingerprint density at radius 1 is 1.17 bits per heavy atom. The Balaban J connectivity index is 1.83. The highest BCUT2D eigenvalue weighted by Crippen LogP contribution is 2.50. The van der Waals surface area contributed by atoms with Crippen molar-refractivity contribution in [2.75, 3.05) is 5.32 Å². The molecule has 0 spiro atoms. The lowest BCUT2D eigenvalue weighted by Gasteiger charge is -2.38. The number of hydrogen-bond acceptors (Lipinski definition) is 3. The van der Waals surface area contributed by atoms with Crippen molar-refractivity contribution >= 4 is 27.6 Å². The fourth-order valence-corrected chi connectivity index (χ4v) is 4.06. The van der Waals surface area contributed by atoms with Crippen LogP contribution in [0, 0.1) is 5.92 Å². The first-order valence-electron chi connectivity index (χ1n) is 7.68. The van der Waals surface area contributed by atoms with Crippen molar-refractivity contribution in [2.24, 2.45) is 5.92 Å². The molecule has 2 aromatic rings. The number of benzene rings is 2. The van der Waals surface area contributed by atoms with Crippen molar-refractivity contribution in [3.05, 3.63) is 75.8 Å². The van der Waals surface area contributed by atoms with Crippen LogP contribution in [-0.4, -0.2) is 5.97 Å². The number of aromatic carboxylic acids is 1. The first-order chi connectivity index (χ1) is 11.1. The fraction of sp³-hybridized carbons (Fsp3) is 0.211. The topological polar surface area (TPSA) is 52.2 Å². The average Bonchev–Trinajstić information content (AvgIpc) is 3.04. The van der Waals surface area contributed by atoms with Crippen molar-refractivity contribution in [1.29, 1.82) is 0 Å². The van der Waals surface area contributed by atoms with Gasteiger partial charge in [-0.05, 0) is 35.6 Å². The summed E-state index contributed by atoms with van der Waals surface area (Å²) in [5.41, 5.74) is 3.17. The Labute approximate surface area is 143 Å². The average molecular weight is 369 g/mol. The number of hydrogen-bond donors (Lipinski definition) is 1. The first kappa shape index (κ1) is 14.5. The zero-order chi connectivity index (χ0) is 16.0. The van der Waals surface area contributed by atoms with E-state index in [2.05, 4.69) is 45.5 Å². The van der Waals surface area contributed by atoms with Gasteiger partial charge in [0.25, 0.3) is 0 Å².